The minimum absolute atomic E-state index is 0.343. The van der Waals surface area contributed by atoms with Crippen LogP contribution < -0.4 is 0 Å². The Bertz CT molecular complexity index is 471. The highest BCUT2D eigenvalue weighted by atomic mass is 15.1. The third-order valence-corrected chi connectivity index (χ3v) is 2.42. The maximum Gasteiger partial charge on any atom is 0.159 e. The number of fused-ring (bicyclic) bond motifs is 1. The van der Waals surface area contributed by atoms with Crippen LogP contribution >= 0.6 is 0 Å². The standard InChI is InChI=1S/C11H16N4.C2H6/c1-6(2)9-8-5-12-15-11(8)14-10(13-9)7(3)4;1-2/h5-7H,1-4H3,(H,12,13,14,15);1-2H3. The Balaban J connectivity index is 0.000000686. The van der Waals surface area contributed by atoms with Gasteiger partial charge in [-0.3, -0.25) is 5.10 Å². The fourth-order valence-electron chi connectivity index (χ4n) is 1.57. The Labute approximate surface area is 103 Å². The van der Waals surface area contributed by atoms with Crippen LogP contribution in [0.1, 0.15) is 64.9 Å². The Kier molecular flexibility index (Phi) is 4.61. The van der Waals surface area contributed by atoms with E-state index in [9.17, 15) is 0 Å². The lowest BCUT2D eigenvalue weighted by molar-refractivity contribution is 0.741. The Morgan fingerprint density at radius 2 is 1.65 bits per heavy atom. The molecule has 0 radical (unpaired) electrons. The van der Waals surface area contributed by atoms with Gasteiger partial charge in [-0.05, 0) is 5.92 Å². The van der Waals surface area contributed by atoms with Crippen LogP contribution in [0, 0.1) is 0 Å². The average Bonchev–Trinajstić information content (AvgIpc) is 2.77. The van der Waals surface area contributed by atoms with Gasteiger partial charge in [-0.2, -0.15) is 5.10 Å². The van der Waals surface area contributed by atoms with Crippen molar-refractivity contribution in [2.45, 2.75) is 53.4 Å². The molecule has 0 aliphatic heterocycles. The maximum absolute atomic E-state index is 4.60. The molecule has 0 saturated carbocycles. The van der Waals surface area contributed by atoms with Gasteiger partial charge in [0.2, 0.25) is 0 Å². The molecule has 0 aliphatic carbocycles. The molecule has 4 heteroatoms. The van der Waals surface area contributed by atoms with E-state index < -0.39 is 0 Å². The molecule has 2 heterocycles. The van der Waals surface area contributed by atoms with Crippen LogP contribution in [0.5, 0.6) is 0 Å². The number of nitrogens with zero attached hydrogens (tertiary/aromatic N) is 3. The summed E-state index contributed by atoms with van der Waals surface area (Å²) in [5.74, 6) is 1.62. The molecule has 0 aromatic carbocycles. The molecule has 2 rings (SSSR count). The molecular weight excluding hydrogens is 212 g/mol. The summed E-state index contributed by atoms with van der Waals surface area (Å²) in [6.07, 6.45) is 1.80. The molecule has 2 aromatic rings. The minimum Gasteiger partial charge on any atom is -0.261 e. The first kappa shape index (κ1) is 13.6. The van der Waals surface area contributed by atoms with Gasteiger partial charge >= 0.3 is 0 Å². The van der Waals surface area contributed by atoms with Crippen molar-refractivity contribution in [1.82, 2.24) is 20.2 Å². The quantitative estimate of drug-likeness (QED) is 0.863. The second-order valence-corrected chi connectivity index (χ2v) is 4.41. The average molecular weight is 234 g/mol. The molecule has 0 unspecified atom stereocenters. The van der Waals surface area contributed by atoms with Crippen LogP contribution in [0.3, 0.4) is 0 Å². The van der Waals surface area contributed by atoms with E-state index in [1.807, 2.05) is 13.8 Å². The maximum atomic E-state index is 4.60. The second kappa shape index (κ2) is 5.75. The predicted octanol–water partition coefficient (Wildman–Crippen LogP) is 3.63. The van der Waals surface area contributed by atoms with Crippen LogP contribution in [0.2, 0.25) is 0 Å². The van der Waals surface area contributed by atoms with E-state index in [1.54, 1.807) is 6.20 Å². The predicted molar refractivity (Wildman–Crippen MR) is 71.2 cm³/mol. The molecule has 0 saturated heterocycles. The van der Waals surface area contributed by atoms with E-state index in [4.69, 9.17) is 0 Å². The summed E-state index contributed by atoms with van der Waals surface area (Å²) in [7, 11) is 0. The SMILES string of the molecule is CC.CC(C)c1nc(C(C)C)c2cn[nH]c2n1. The summed E-state index contributed by atoms with van der Waals surface area (Å²) >= 11 is 0. The van der Waals surface area contributed by atoms with Gasteiger partial charge in [0.15, 0.2) is 5.65 Å². The highest BCUT2D eigenvalue weighted by Crippen LogP contribution is 2.23. The zero-order chi connectivity index (χ0) is 13.0. The third-order valence-electron chi connectivity index (χ3n) is 2.42. The smallest absolute Gasteiger partial charge is 0.159 e. The number of H-pyrrole nitrogens is 1. The van der Waals surface area contributed by atoms with Crippen molar-refractivity contribution in [3.8, 4) is 0 Å². The molecule has 94 valence electrons. The van der Waals surface area contributed by atoms with Crippen LogP contribution in [-0.2, 0) is 0 Å². The number of hydrogen-bond donors (Lipinski definition) is 1. The largest absolute Gasteiger partial charge is 0.261 e. The Hall–Kier alpha value is -1.45. The zero-order valence-corrected chi connectivity index (χ0v) is 11.6. The fraction of sp³-hybridized carbons (Fsp3) is 0.615. The molecule has 0 spiro atoms. The number of nitrogens with one attached hydrogen (secondary N) is 1. The van der Waals surface area contributed by atoms with Gasteiger partial charge in [0.05, 0.1) is 17.3 Å². The molecule has 0 atom stereocenters. The first-order chi connectivity index (χ1) is 8.09. The summed E-state index contributed by atoms with van der Waals surface area (Å²) in [5, 5.41) is 7.96. The van der Waals surface area contributed by atoms with Gasteiger partial charge in [-0.15, -0.1) is 0 Å². The van der Waals surface area contributed by atoms with E-state index in [1.165, 1.54) is 0 Å². The summed E-state index contributed by atoms with van der Waals surface area (Å²) in [6.45, 7) is 12.5. The molecule has 0 amide bonds. The first-order valence-electron chi connectivity index (χ1n) is 6.30. The summed E-state index contributed by atoms with van der Waals surface area (Å²) < 4.78 is 0. The minimum atomic E-state index is 0.343. The van der Waals surface area contributed by atoms with Crippen LogP contribution in [0.25, 0.3) is 11.0 Å². The molecular formula is C13H22N4. The Morgan fingerprint density at radius 3 is 2.18 bits per heavy atom. The summed E-state index contributed by atoms with van der Waals surface area (Å²) in [6, 6.07) is 0. The van der Waals surface area contributed by atoms with Gasteiger partial charge in [-0.1, -0.05) is 41.5 Å². The normalized spacial score (nSPS) is 10.8. The van der Waals surface area contributed by atoms with Crippen molar-refractivity contribution in [2.24, 2.45) is 0 Å². The number of rotatable bonds is 2. The van der Waals surface area contributed by atoms with Crippen LogP contribution in [-0.4, -0.2) is 20.2 Å². The summed E-state index contributed by atoms with van der Waals surface area (Å²) in [5.41, 5.74) is 1.93. The van der Waals surface area contributed by atoms with Crippen molar-refractivity contribution in [2.75, 3.05) is 0 Å². The molecule has 4 nitrogen and oxygen atoms in total. The molecule has 0 aliphatic rings. The van der Waals surface area contributed by atoms with Crippen LogP contribution in [0.4, 0.5) is 0 Å². The number of aromatic amines is 1. The van der Waals surface area contributed by atoms with E-state index in [-0.39, 0.29) is 0 Å². The van der Waals surface area contributed by atoms with Crippen LogP contribution in [0.15, 0.2) is 6.20 Å². The lowest BCUT2D eigenvalue weighted by Gasteiger charge is -2.09. The lowest BCUT2D eigenvalue weighted by atomic mass is 10.1. The third kappa shape index (κ3) is 2.81. The summed E-state index contributed by atoms with van der Waals surface area (Å²) in [4.78, 5) is 9.05. The monoisotopic (exact) mass is 234 g/mol. The lowest BCUT2D eigenvalue weighted by Crippen LogP contribution is -2.03. The number of aromatic nitrogens is 4. The van der Waals surface area contributed by atoms with E-state index >= 15 is 0 Å². The van der Waals surface area contributed by atoms with Gasteiger partial charge in [0.1, 0.15) is 5.82 Å². The molecule has 1 N–H and O–H groups in total. The molecule has 0 fully saturated rings. The van der Waals surface area contributed by atoms with E-state index in [0.29, 0.717) is 11.8 Å². The second-order valence-electron chi connectivity index (χ2n) is 4.41. The molecule has 2 aromatic heterocycles. The van der Waals surface area contributed by atoms with E-state index in [2.05, 4.69) is 47.9 Å². The topological polar surface area (TPSA) is 54.5 Å². The van der Waals surface area contributed by atoms with Crippen molar-refractivity contribution in [1.29, 1.82) is 0 Å². The van der Waals surface area contributed by atoms with Gasteiger partial charge in [0.25, 0.3) is 0 Å². The highest BCUT2D eigenvalue weighted by molar-refractivity contribution is 5.77. The highest BCUT2D eigenvalue weighted by Gasteiger charge is 2.13. The van der Waals surface area contributed by atoms with Crippen molar-refractivity contribution in [3.63, 3.8) is 0 Å². The van der Waals surface area contributed by atoms with E-state index in [0.717, 1.165) is 22.6 Å². The van der Waals surface area contributed by atoms with Crippen molar-refractivity contribution >= 4 is 11.0 Å². The van der Waals surface area contributed by atoms with Gasteiger partial charge in [-0.25, -0.2) is 9.97 Å². The molecule has 17 heavy (non-hydrogen) atoms. The Morgan fingerprint density at radius 1 is 1.00 bits per heavy atom. The molecule has 0 bridgehead atoms. The van der Waals surface area contributed by atoms with Gasteiger partial charge < -0.3 is 0 Å². The van der Waals surface area contributed by atoms with Crippen molar-refractivity contribution < 1.29 is 0 Å². The van der Waals surface area contributed by atoms with Crippen molar-refractivity contribution in [3.05, 3.63) is 17.7 Å². The number of hydrogen-bond acceptors (Lipinski definition) is 3. The fourth-order valence-corrected chi connectivity index (χ4v) is 1.57. The first-order valence-corrected chi connectivity index (χ1v) is 6.30. The van der Waals surface area contributed by atoms with Gasteiger partial charge in [0, 0.05) is 5.92 Å². The zero-order valence-electron chi connectivity index (χ0n) is 11.6.